The fraction of sp³-hybridized carbons (Fsp3) is 0.609. The number of phenols is 1. The molecule has 0 bridgehead atoms. The number of nitrogens with two attached hydrogens (primary N) is 3. The van der Waals surface area contributed by atoms with Crippen LogP contribution in [-0.4, -0.2) is 155 Å². The molecule has 0 radical (unpaired) electrons. The molecule has 3 unspecified atom stereocenters. The summed E-state index contributed by atoms with van der Waals surface area (Å²) in [6.07, 6.45) is -0.682. The Labute approximate surface area is 416 Å². The number of primary amides is 3. The Hall–Kier alpha value is -7.38. The van der Waals surface area contributed by atoms with E-state index in [1.54, 1.807) is 20.8 Å². The molecule has 0 saturated carbocycles. The molecule has 0 aromatic heterocycles. The number of phenolic OH excluding ortho intramolecular Hbond substituents is 1. The molecule has 2 fully saturated rings. The largest absolute Gasteiger partial charge is 0.508 e. The van der Waals surface area contributed by atoms with Gasteiger partial charge in [-0.1, -0.05) is 46.2 Å². The zero-order chi connectivity index (χ0) is 54.0. The summed E-state index contributed by atoms with van der Waals surface area (Å²) in [7, 11) is 0. The number of piperazine rings is 1. The standard InChI is InChI=1S/C46H71N13O13/c1-7-23(4)37(58-42(68)30(18-26-10-12-27(60)13-11-26)54-43(69)32-20-50-24(5)38(64)57-32)45(71)53-28(14-15-34(47)61)40(66)55-31(19-35(48)62)41(67)52-25(6)46(72)59-16-8-9-33(59)44(70)56-29(17-22(2)3)39(65)51-21-36(49)63/h10-13,22-25,28-33,37,50,60H,7-9,14-21H2,1-6H3,(H2,47,61)(H2,48,62)(H2,49,63)(H,51,65)(H,52,67)(H,53,71)(H,54,69)(H,55,66)(H,56,70)(H,57,64)(H,58,68)/t23-,24-,25?,28?,29-,30?,31-,32+,33-,37-/m0/s1. The molecule has 12 amide bonds. The molecule has 1 aromatic rings. The summed E-state index contributed by atoms with van der Waals surface area (Å²) < 4.78 is 0. The number of benzene rings is 1. The number of rotatable bonds is 27. The first-order valence-corrected chi connectivity index (χ1v) is 23.9. The molecule has 2 heterocycles. The van der Waals surface area contributed by atoms with Crippen LogP contribution in [0.15, 0.2) is 24.3 Å². The monoisotopic (exact) mass is 1010 g/mol. The average Bonchev–Trinajstić information content (AvgIpc) is 3.81. The van der Waals surface area contributed by atoms with Crippen molar-refractivity contribution in [3.63, 3.8) is 0 Å². The molecule has 10 atom stereocenters. The maximum Gasteiger partial charge on any atom is 0.245 e. The number of carbonyl (C=O) groups excluding carboxylic acids is 12. The predicted molar refractivity (Wildman–Crippen MR) is 257 cm³/mol. The summed E-state index contributed by atoms with van der Waals surface area (Å²) in [5.74, 6) is -10.5. The van der Waals surface area contributed by atoms with Crippen LogP contribution in [0, 0.1) is 11.8 Å². The topological polar surface area (TPSA) is 415 Å². The molecule has 16 N–H and O–H groups in total. The van der Waals surface area contributed by atoms with Gasteiger partial charge in [0.05, 0.1) is 19.0 Å². The Balaban J connectivity index is 1.80. The highest BCUT2D eigenvalue weighted by atomic mass is 16.3. The van der Waals surface area contributed by atoms with Gasteiger partial charge in [-0.05, 0) is 69.1 Å². The van der Waals surface area contributed by atoms with E-state index in [4.69, 9.17) is 17.2 Å². The van der Waals surface area contributed by atoms with Gasteiger partial charge < -0.3 is 75.1 Å². The summed E-state index contributed by atoms with van der Waals surface area (Å²) in [5, 5.41) is 32.9. The summed E-state index contributed by atoms with van der Waals surface area (Å²) in [4.78, 5) is 158. The SMILES string of the molecule is CC[C@H](C)[C@H](NC(=O)C(Cc1ccc(O)cc1)NC(=O)[C@H]1CN[C@@H](C)C(=O)N1)C(=O)NC(CCC(N)=O)C(=O)N[C@@H](CC(N)=O)C(=O)NC(C)C(=O)N1CCC[C@H]1C(=O)N[C@@H](CC(C)C)C(=O)NCC(N)=O. The summed E-state index contributed by atoms with van der Waals surface area (Å²) in [6, 6.07) is -5.34. The molecule has 2 aliphatic rings. The van der Waals surface area contributed by atoms with E-state index in [2.05, 4.69) is 47.9 Å². The van der Waals surface area contributed by atoms with Crippen molar-refractivity contribution in [1.29, 1.82) is 0 Å². The summed E-state index contributed by atoms with van der Waals surface area (Å²) >= 11 is 0. The maximum atomic E-state index is 14.2. The Kier molecular flexibility index (Phi) is 22.8. The molecule has 26 heteroatoms. The van der Waals surface area contributed by atoms with Crippen molar-refractivity contribution in [2.45, 2.75) is 147 Å². The second-order valence-electron chi connectivity index (χ2n) is 18.6. The van der Waals surface area contributed by atoms with E-state index in [1.807, 2.05) is 13.8 Å². The van der Waals surface area contributed by atoms with Gasteiger partial charge in [-0.2, -0.15) is 0 Å². The van der Waals surface area contributed by atoms with E-state index >= 15 is 0 Å². The first-order chi connectivity index (χ1) is 33.8. The zero-order valence-electron chi connectivity index (χ0n) is 41.5. The van der Waals surface area contributed by atoms with Gasteiger partial charge in [-0.3, -0.25) is 57.5 Å². The van der Waals surface area contributed by atoms with E-state index in [9.17, 15) is 62.6 Å². The minimum Gasteiger partial charge on any atom is -0.508 e. The molecule has 0 spiro atoms. The van der Waals surface area contributed by atoms with E-state index in [1.165, 1.54) is 36.1 Å². The van der Waals surface area contributed by atoms with Crippen molar-refractivity contribution >= 4 is 70.9 Å². The van der Waals surface area contributed by atoms with E-state index in [-0.39, 0.29) is 44.0 Å². The van der Waals surface area contributed by atoms with Gasteiger partial charge in [-0.25, -0.2) is 0 Å². The first-order valence-electron chi connectivity index (χ1n) is 23.9. The van der Waals surface area contributed by atoms with E-state index in [0.29, 0.717) is 18.4 Å². The lowest BCUT2D eigenvalue weighted by Gasteiger charge is -2.31. The Morgan fingerprint density at radius 2 is 1.35 bits per heavy atom. The number of amides is 12. The molecular formula is C46H71N13O13. The molecule has 2 aliphatic heterocycles. The van der Waals surface area contributed by atoms with Gasteiger partial charge in [0.2, 0.25) is 70.9 Å². The van der Waals surface area contributed by atoms with Crippen LogP contribution in [0.3, 0.4) is 0 Å². The number of nitrogens with zero attached hydrogens (tertiary/aromatic N) is 1. The average molecular weight is 1010 g/mol. The number of hydrogen-bond donors (Lipinski definition) is 13. The highest BCUT2D eigenvalue weighted by Crippen LogP contribution is 2.20. The fourth-order valence-electron chi connectivity index (χ4n) is 7.89. The quantitative estimate of drug-likeness (QED) is 0.0394. The number of aromatic hydroxyl groups is 1. The van der Waals surface area contributed by atoms with Crippen LogP contribution in [0.4, 0.5) is 0 Å². The highest BCUT2D eigenvalue weighted by Gasteiger charge is 2.40. The minimum atomic E-state index is -1.74. The van der Waals surface area contributed by atoms with Gasteiger partial charge in [0.15, 0.2) is 0 Å². The van der Waals surface area contributed by atoms with Crippen LogP contribution in [0.25, 0.3) is 0 Å². The summed E-state index contributed by atoms with van der Waals surface area (Å²) in [5.41, 5.74) is 16.5. The number of likely N-dealkylation sites (tertiary alicyclic amines) is 1. The van der Waals surface area contributed by atoms with Gasteiger partial charge >= 0.3 is 0 Å². The maximum absolute atomic E-state index is 14.2. The Bertz CT molecular complexity index is 2170. The van der Waals surface area contributed by atoms with Crippen molar-refractivity contribution in [1.82, 2.24) is 52.8 Å². The van der Waals surface area contributed by atoms with Crippen molar-refractivity contribution in [2.75, 3.05) is 19.6 Å². The lowest BCUT2D eigenvalue weighted by molar-refractivity contribution is -0.142. The fourth-order valence-corrected chi connectivity index (χ4v) is 7.89. The predicted octanol–water partition coefficient (Wildman–Crippen LogP) is -4.83. The summed E-state index contributed by atoms with van der Waals surface area (Å²) in [6.45, 7) is 9.61. The normalized spacial score (nSPS) is 19.3. The second-order valence-corrected chi connectivity index (χ2v) is 18.6. The molecule has 0 aliphatic carbocycles. The van der Waals surface area contributed by atoms with Gasteiger partial charge in [-0.15, -0.1) is 0 Å². The second kappa shape index (κ2) is 27.9. The Morgan fingerprint density at radius 1 is 0.736 bits per heavy atom. The highest BCUT2D eigenvalue weighted by molar-refractivity contribution is 6.00. The molecule has 26 nitrogen and oxygen atoms in total. The van der Waals surface area contributed by atoms with Crippen LogP contribution in [0.1, 0.15) is 92.1 Å². The van der Waals surface area contributed by atoms with Gasteiger partial charge in [0.1, 0.15) is 54.1 Å². The van der Waals surface area contributed by atoms with Crippen LogP contribution in [-0.2, 0) is 64.0 Å². The molecule has 72 heavy (non-hydrogen) atoms. The van der Waals surface area contributed by atoms with Crippen molar-refractivity contribution < 1.29 is 62.6 Å². The number of carbonyl (C=O) groups is 12. The van der Waals surface area contributed by atoms with Crippen LogP contribution < -0.4 is 65.1 Å². The molecule has 1 aromatic carbocycles. The minimum absolute atomic E-state index is 0.0556. The third kappa shape index (κ3) is 18.4. The van der Waals surface area contributed by atoms with Gasteiger partial charge in [0, 0.05) is 25.9 Å². The first kappa shape index (κ1) is 58.9. The van der Waals surface area contributed by atoms with Crippen LogP contribution in [0.2, 0.25) is 0 Å². The van der Waals surface area contributed by atoms with Crippen LogP contribution in [0.5, 0.6) is 5.75 Å². The van der Waals surface area contributed by atoms with Crippen molar-refractivity contribution in [3.8, 4) is 5.75 Å². The Morgan fingerprint density at radius 3 is 1.93 bits per heavy atom. The smallest absolute Gasteiger partial charge is 0.245 e. The van der Waals surface area contributed by atoms with Gasteiger partial charge in [0.25, 0.3) is 0 Å². The molecule has 398 valence electrons. The van der Waals surface area contributed by atoms with Crippen LogP contribution >= 0.6 is 0 Å². The third-order valence-electron chi connectivity index (χ3n) is 12.2. The molecule has 3 rings (SSSR count). The third-order valence-corrected chi connectivity index (χ3v) is 12.2. The van der Waals surface area contributed by atoms with Crippen molar-refractivity contribution in [3.05, 3.63) is 29.8 Å². The number of nitrogens with one attached hydrogen (secondary N) is 9. The van der Waals surface area contributed by atoms with E-state index in [0.717, 1.165) is 0 Å². The lowest BCUT2D eigenvalue weighted by Crippen LogP contribution is -2.64. The molecule has 2 saturated heterocycles. The lowest BCUT2D eigenvalue weighted by atomic mass is 9.96. The number of hydrogen-bond acceptors (Lipinski definition) is 14. The zero-order valence-corrected chi connectivity index (χ0v) is 41.5. The molecular weight excluding hydrogens is 943 g/mol. The van der Waals surface area contributed by atoms with Crippen molar-refractivity contribution in [2.24, 2.45) is 29.0 Å². The van der Waals surface area contributed by atoms with E-state index < -0.39 is 157 Å².